The molecule has 7 N–H and O–H groups in total. The summed E-state index contributed by atoms with van der Waals surface area (Å²) in [5, 5.41) is 65.7. The lowest BCUT2D eigenvalue weighted by atomic mass is 10.0. The van der Waals surface area contributed by atoms with Crippen molar-refractivity contribution in [1.29, 1.82) is 0 Å². The third-order valence-corrected chi connectivity index (χ3v) is 3.14. The lowest BCUT2D eigenvalue weighted by Gasteiger charge is -2.38. The number of hydrogen-bond donors (Lipinski definition) is 7. The molecule has 21 heavy (non-hydrogen) atoms. The highest BCUT2D eigenvalue weighted by Crippen LogP contribution is 2.20. The van der Waals surface area contributed by atoms with Crippen molar-refractivity contribution in [2.45, 2.75) is 49.0 Å². The Bertz CT molecular complexity index is 326. The molecule has 10 heteroatoms. The van der Waals surface area contributed by atoms with Crippen molar-refractivity contribution in [2.24, 2.45) is 0 Å². The van der Waals surface area contributed by atoms with Crippen LogP contribution in [-0.4, -0.2) is 104 Å². The highest BCUT2D eigenvalue weighted by Gasteiger charge is 2.42. The van der Waals surface area contributed by atoms with Gasteiger partial charge in [-0.1, -0.05) is 0 Å². The predicted molar refractivity (Wildman–Crippen MR) is 63.8 cm³/mol. The van der Waals surface area contributed by atoms with Crippen LogP contribution in [0.4, 0.5) is 0 Å². The third kappa shape index (κ3) is 4.39. The predicted octanol–water partition coefficient (Wildman–Crippen LogP) is -4.92. The quantitative estimate of drug-likeness (QED) is 0.225. The smallest absolute Gasteiger partial charge is 0.186 e. The van der Waals surface area contributed by atoms with Gasteiger partial charge in [-0.15, -0.1) is 0 Å². The molecule has 0 aromatic carbocycles. The van der Waals surface area contributed by atoms with Crippen molar-refractivity contribution in [3.8, 4) is 0 Å². The van der Waals surface area contributed by atoms with E-state index in [1.807, 2.05) is 0 Å². The molecule has 1 aliphatic rings. The number of ether oxygens (including phenoxy) is 2. The molecule has 0 radical (unpaired) electrons. The van der Waals surface area contributed by atoms with Crippen molar-refractivity contribution in [3.63, 3.8) is 0 Å². The Morgan fingerprint density at radius 2 is 1.81 bits per heavy atom. The van der Waals surface area contributed by atoms with Gasteiger partial charge < -0.3 is 50.0 Å². The molecule has 8 atom stereocenters. The summed E-state index contributed by atoms with van der Waals surface area (Å²) in [6, 6.07) is 0. The third-order valence-electron chi connectivity index (χ3n) is 3.14. The van der Waals surface area contributed by atoms with Crippen LogP contribution < -0.4 is 0 Å². The molecule has 0 bridgehead atoms. The van der Waals surface area contributed by atoms with Gasteiger partial charge in [0, 0.05) is 0 Å². The molecule has 0 aliphatic carbocycles. The normalized spacial score (nSPS) is 35.8. The average molecular weight is 312 g/mol. The van der Waals surface area contributed by atoms with Crippen LogP contribution in [-0.2, 0) is 14.3 Å². The monoisotopic (exact) mass is 312 g/mol. The van der Waals surface area contributed by atoms with E-state index >= 15 is 0 Å². The number of hydrogen-bond acceptors (Lipinski definition) is 10. The van der Waals surface area contributed by atoms with Gasteiger partial charge in [-0.2, -0.15) is 0 Å². The van der Waals surface area contributed by atoms with E-state index in [0.29, 0.717) is 0 Å². The van der Waals surface area contributed by atoms with E-state index in [1.54, 1.807) is 0 Å². The fourth-order valence-electron chi connectivity index (χ4n) is 1.82. The van der Waals surface area contributed by atoms with Crippen LogP contribution in [0.5, 0.6) is 0 Å². The number of carbonyl (C=O) groups excluding carboxylic acids is 1. The lowest BCUT2D eigenvalue weighted by molar-refractivity contribution is -0.300. The molecule has 0 aromatic heterocycles. The summed E-state index contributed by atoms with van der Waals surface area (Å²) >= 11 is 0. The van der Waals surface area contributed by atoms with E-state index < -0.39 is 55.6 Å². The van der Waals surface area contributed by atoms with Crippen LogP contribution in [0.3, 0.4) is 0 Å². The molecule has 0 aromatic rings. The minimum Gasteiger partial charge on any atom is -0.394 e. The van der Waals surface area contributed by atoms with Crippen LogP contribution in [0.25, 0.3) is 0 Å². The molecule has 0 spiro atoms. The van der Waals surface area contributed by atoms with E-state index in [0.717, 1.165) is 0 Å². The maximum atomic E-state index is 10.6. The van der Waals surface area contributed by atoms with Crippen LogP contribution in [0.15, 0.2) is 0 Å². The van der Waals surface area contributed by atoms with E-state index in [-0.39, 0.29) is 12.9 Å². The second-order valence-corrected chi connectivity index (χ2v) is 4.72. The number of aliphatic hydroxyl groups is 7. The van der Waals surface area contributed by atoms with Gasteiger partial charge in [0.25, 0.3) is 0 Å². The maximum Gasteiger partial charge on any atom is 0.186 e. The first-order valence-electron chi connectivity index (χ1n) is 6.25. The molecular weight excluding hydrogens is 292 g/mol. The summed E-state index contributed by atoms with van der Waals surface area (Å²) in [6.45, 7) is -1.24. The van der Waals surface area contributed by atoms with Crippen molar-refractivity contribution < 1.29 is 50.0 Å². The Hall–Kier alpha value is -0.690. The van der Waals surface area contributed by atoms with Crippen molar-refractivity contribution in [2.75, 3.05) is 13.2 Å². The molecular formula is C11H20O10. The summed E-state index contributed by atoms with van der Waals surface area (Å²) in [7, 11) is 0. The maximum absolute atomic E-state index is 10.6. The van der Waals surface area contributed by atoms with Gasteiger partial charge in [-0.3, -0.25) is 0 Å². The van der Waals surface area contributed by atoms with Gasteiger partial charge in [-0.25, -0.2) is 0 Å². The van der Waals surface area contributed by atoms with Gasteiger partial charge in [-0.05, 0) is 0 Å². The Labute approximate surface area is 119 Å². The summed E-state index contributed by atoms with van der Waals surface area (Å²) in [5.74, 6) is 0. The first-order valence-corrected chi connectivity index (χ1v) is 6.25. The van der Waals surface area contributed by atoms with Gasteiger partial charge in [0.2, 0.25) is 0 Å². The van der Waals surface area contributed by atoms with Crippen LogP contribution in [0.2, 0.25) is 0 Å². The molecule has 1 aliphatic heterocycles. The summed E-state index contributed by atoms with van der Waals surface area (Å²) in [5.41, 5.74) is 0. The number of aldehydes is 1. The van der Waals surface area contributed by atoms with Crippen molar-refractivity contribution in [1.82, 2.24) is 0 Å². The number of carbonyl (C=O) groups is 1. The molecule has 124 valence electrons. The highest BCUT2D eigenvalue weighted by molar-refractivity contribution is 5.56. The number of rotatable bonds is 7. The van der Waals surface area contributed by atoms with E-state index in [9.17, 15) is 35.4 Å². The van der Waals surface area contributed by atoms with Crippen LogP contribution in [0.1, 0.15) is 0 Å². The summed E-state index contributed by atoms with van der Waals surface area (Å²) in [6.07, 6.45) is -13.3. The zero-order valence-corrected chi connectivity index (χ0v) is 11.0. The fourth-order valence-corrected chi connectivity index (χ4v) is 1.82. The first kappa shape index (κ1) is 18.4. The average Bonchev–Trinajstić information content (AvgIpc) is 2.49. The van der Waals surface area contributed by atoms with Crippen LogP contribution >= 0.6 is 0 Å². The summed E-state index contributed by atoms with van der Waals surface area (Å²) < 4.78 is 9.91. The Morgan fingerprint density at radius 1 is 1.19 bits per heavy atom. The van der Waals surface area contributed by atoms with Crippen molar-refractivity contribution >= 4 is 6.29 Å². The topological polar surface area (TPSA) is 177 Å². The lowest BCUT2D eigenvalue weighted by Crippen LogP contribution is -2.57. The van der Waals surface area contributed by atoms with Gasteiger partial charge in [0.1, 0.15) is 42.7 Å². The highest BCUT2D eigenvalue weighted by atomic mass is 16.7. The first-order chi connectivity index (χ1) is 9.83. The molecule has 0 unspecified atom stereocenters. The number of aliphatic hydroxyl groups excluding tert-OH is 7. The Kier molecular flexibility index (Phi) is 7.06. The Balaban J connectivity index is 2.79. The zero-order chi connectivity index (χ0) is 16.2. The Morgan fingerprint density at radius 3 is 2.33 bits per heavy atom. The van der Waals surface area contributed by atoms with E-state index in [4.69, 9.17) is 14.6 Å². The SMILES string of the molecule is O=C[C@H](O)[C@@H](O[C@H]1OC[C@@H](O)[C@H](O)[C@H]1O)[C@H](O)[C@H](O)CO. The van der Waals surface area contributed by atoms with E-state index in [1.165, 1.54) is 0 Å². The van der Waals surface area contributed by atoms with Gasteiger partial charge in [0.15, 0.2) is 12.6 Å². The minimum atomic E-state index is -1.87. The summed E-state index contributed by atoms with van der Waals surface area (Å²) in [4.78, 5) is 10.6. The molecule has 0 saturated carbocycles. The molecule has 1 heterocycles. The van der Waals surface area contributed by atoms with Gasteiger partial charge >= 0.3 is 0 Å². The van der Waals surface area contributed by atoms with Crippen molar-refractivity contribution in [3.05, 3.63) is 0 Å². The second-order valence-electron chi connectivity index (χ2n) is 4.72. The molecule has 1 fully saturated rings. The fraction of sp³-hybridized carbons (Fsp3) is 0.909. The molecule has 10 nitrogen and oxygen atoms in total. The molecule has 0 amide bonds. The van der Waals surface area contributed by atoms with Crippen LogP contribution in [0, 0.1) is 0 Å². The zero-order valence-electron chi connectivity index (χ0n) is 11.0. The van der Waals surface area contributed by atoms with E-state index in [2.05, 4.69) is 0 Å². The second kappa shape index (κ2) is 8.08. The standard InChI is InChI=1S/C11H20O10/c12-1-4(14)8(18)10(5(15)2-13)21-11-9(19)7(17)6(16)3-20-11/h2,4-12,14-19H,1,3H2/t4-,5+,6-,7+,8-,9-,10-,11-/m1/s1. The minimum absolute atomic E-state index is 0.0263. The van der Waals surface area contributed by atoms with Gasteiger partial charge in [0.05, 0.1) is 13.2 Å². The largest absolute Gasteiger partial charge is 0.394 e. The molecule has 1 rings (SSSR count). The molecule has 1 saturated heterocycles.